The van der Waals surface area contributed by atoms with Crippen molar-refractivity contribution in [1.29, 1.82) is 0 Å². The molecule has 5 nitrogen and oxygen atoms in total. The first kappa shape index (κ1) is 21.8. The first-order valence-electron chi connectivity index (χ1n) is 10.8. The highest BCUT2D eigenvalue weighted by molar-refractivity contribution is 5.85. The van der Waals surface area contributed by atoms with Crippen molar-refractivity contribution in [3.8, 4) is 0 Å². The van der Waals surface area contributed by atoms with Crippen LogP contribution >= 0.6 is 0 Å². The smallest absolute Gasteiger partial charge is 0.311 e. The van der Waals surface area contributed by atoms with Crippen molar-refractivity contribution in [2.24, 2.45) is 11.3 Å². The van der Waals surface area contributed by atoms with E-state index in [-0.39, 0.29) is 24.5 Å². The molecule has 1 N–H and O–H groups in total. The number of esters is 1. The van der Waals surface area contributed by atoms with Crippen LogP contribution < -0.4 is 5.32 Å². The number of rotatable bonds is 8. The lowest BCUT2D eigenvalue weighted by Gasteiger charge is -2.32. The van der Waals surface area contributed by atoms with E-state index in [0.29, 0.717) is 12.3 Å². The predicted octanol–water partition coefficient (Wildman–Crippen LogP) is 4.21. The lowest BCUT2D eigenvalue weighted by molar-refractivity contribution is -0.163. The maximum atomic E-state index is 13.3. The van der Waals surface area contributed by atoms with E-state index in [1.807, 2.05) is 39.0 Å². The molecule has 0 aliphatic heterocycles. The van der Waals surface area contributed by atoms with Crippen LogP contribution in [0.1, 0.15) is 70.8 Å². The standard InChI is InChI=1S/C24H35NO4/c1-23(2,3)29-21(26)18(16-28-4)15-24(12-8-9-13-24)22(27)25-20-14-19(20)17-10-6-5-7-11-17/h5-7,10-11,18-20H,8-9,12-16H2,1-4H3,(H,25,27). The topological polar surface area (TPSA) is 64.6 Å². The van der Waals surface area contributed by atoms with Crippen molar-refractivity contribution < 1.29 is 19.1 Å². The number of ether oxygens (including phenoxy) is 2. The van der Waals surface area contributed by atoms with E-state index in [1.165, 1.54) is 5.56 Å². The van der Waals surface area contributed by atoms with Gasteiger partial charge in [-0.25, -0.2) is 0 Å². The minimum absolute atomic E-state index is 0.100. The van der Waals surface area contributed by atoms with E-state index in [0.717, 1.165) is 32.1 Å². The fourth-order valence-corrected chi connectivity index (χ4v) is 4.59. The summed E-state index contributed by atoms with van der Waals surface area (Å²) in [6.45, 7) is 5.87. The van der Waals surface area contributed by atoms with E-state index in [1.54, 1.807) is 7.11 Å². The van der Waals surface area contributed by atoms with Crippen LogP contribution in [0.25, 0.3) is 0 Å². The van der Waals surface area contributed by atoms with Crippen LogP contribution in [0.2, 0.25) is 0 Å². The Balaban J connectivity index is 1.66. The molecule has 3 atom stereocenters. The zero-order chi connectivity index (χ0) is 21.1. The van der Waals surface area contributed by atoms with Crippen LogP contribution in [0.5, 0.6) is 0 Å². The Morgan fingerprint density at radius 2 is 1.83 bits per heavy atom. The third kappa shape index (κ3) is 5.59. The Morgan fingerprint density at radius 3 is 2.41 bits per heavy atom. The zero-order valence-corrected chi connectivity index (χ0v) is 18.2. The Kier molecular flexibility index (Phi) is 6.67. The molecule has 2 fully saturated rings. The molecular weight excluding hydrogens is 366 g/mol. The molecule has 2 aliphatic rings. The average Bonchev–Trinajstić information content (AvgIpc) is 3.26. The fourth-order valence-electron chi connectivity index (χ4n) is 4.59. The van der Waals surface area contributed by atoms with E-state index >= 15 is 0 Å². The van der Waals surface area contributed by atoms with Crippen LogP contribution in [0, 0.1) is 11.3 Å². The Morgan fingerprint density at radius 1 is 1.17 bits per heavy atom. The number of methoxy groups -OCH3 is 1. The molecule has 29 heavy (non-hydrogen) atoms. The summed E-state index contributed by atoms with van der Waals surface area (Å²) >= 11 is 0. The van der Waals surface area contributed by atoms with Gasteiger partial charge in [0.2, 0.25) is 5.91 Å². The molecule has 0 radical (unpaired) electrons. The second-order valence-corrected chi connectivity index (χ2v) is 9.71. The van der Waals surface area contributed by atoms with Crippen molar-refractivity contribution >= 4 is 11.9 Å². The number of hydrogen-bond acceptors (Lipinski definition) is 4. The highest BCUT2D eigenvalue weighted by Gasteiger charge is 2.48. The molecule has 0 aromatic heterocycles. The van der Waals surface area contributed by atoms with Crippen LogP contribution in [-0.4, -0.2) is 37.2 Å². The lowest BCUT2D eigenvalue weighted by atomic mass is 9.76. The van der Waals surface area contributed by atoms with Crippen LogP contribution in [0.15, 0.2) is 30.3 Å². The zero-order valence-electron chi connectivity index (χ0n) is 18.2. The summed E-state index contributed by atoms with van der Waals surface area (Å²) in [5, 5.41) is 3.29. The maximum absolute atomic E-state index is 13.3. The molecule has 3 rings (SSSR count). The van der Waals surface area contributed by atoms with Gasteiger partial charge in [0.05, 0.1) is 17.9 Å². The summed E-state index contributed by atoms with van der Waals surface area (Å²) in [5.74, 6) is -0.193. The van der Waals surface area contributed by atoms with E-state index in [4.69, 9.17) is 9.47 Å². The summed E-state index contributed by atoms with van der Waals surface area (Å²) in [6, 6.07) is 10.5. The molecule has 0 heterocycles. The van der Waals surface area contributed by atoms with Crippen molar-refractivity contribution in [2.45, 2.75) is 76.9 Å². The first-order valence-corrected chi connectivity index (χ1v) is 10.8. The van der Waals surface area contributed by atoms with Gasteiger partial charge in [0.25, 0.3) is 0 Å². The van der Waals surface area contributed by atoms with Gasteiger partial charge in [0.1, 0.15) is 5.60 Å². The molecule has 2 saturated carbocycles. The normalized spacial score (nSPS) is 24.0. The van der Waals surface area contributed by atoms with E-state index < -0.39 is 16.9 Å². The lowest BCUT2D eigenvalue weighted by Crippen LogP contribution is -2.44. The third-order valence-electron chi connectivity index (χ3n) is 6.12. The molecule has 1 aromatic rings. The average molecular weight is 402 g/mol. The van der Waals surface area contributed by atoms with Gasteiger partial charge in [-0.05, 0) is 52.0 Å². The van der Waals surface area contributed by atoms with Gasteiger partial charge < -0.3 is 14.8 Å². The largest absolute Gasteiger partial charge is 0.460 e. The molecule has 3 unspecified atom stereocenters. The van der Waals surface area contributed by atoms with Crippen LogP contribution in [0.4, 0.5) is 0 Å². The van der Waals surface area contributed by atoms with Crippen molar-refractivity contribution in [1.82, 2.24) is 5.32 Å². The fraction of sp³-hybridized carbons (Fsp3) is 0.667. The predicted molar refractivity (Wildman–Crippen MR) is 112 cm³/mol. The molecule has 0 bridgehead atoms. The summed E-state index contributed by atoms with van der Waals surface area (Å²) in [5.41, 5.74) is 0.235. The number of amides is 1. The molecular formula is C24H35NO4. The molecule has 0 saturated heterocycles. The highest BCUT2D eigenvalue weighted by Crippen LogP contribution is 2.46. The number of hydrogen-bond donors (Lipinski definition) is 1. The van der Waals surface area contributed by atoms with Crippen LogP contribution in [-0.2, 0) is 19.1 Å². The molecule has 1 aromatic carbocycles. The highest BCUT2D eigenvalue weighted by atomic mass is 16.6. The summed E-state index contributed by atoms with van der Waals surface area (Å²) in [6.07, 6.45) is 5.17. The Hall–Kier alpha value is -1.88. The summed E-state index contributed by atoms with van der Waals surface area (Å²) in [4.78, 5) is 26.1. The first-order chi connectivity index (χ1) is 13.7. The van der Waals surface area contributed by atoms with Gasteiger partial charge in [0, 0.05) is 19.1 Å². The molecule has 160 valence electrons. The van der Waals surface area contributed by atoms with Crippen molar-refractivity contribution in [3.05, 3.63) is 35.9 Å². The van der Waals surface area contributed by atoms with Gasteiger partial charge in [-0.15, -0.1) is 0 Å². The second kappa shape index (κ2) is 8.86. The number of carbonyl (C=O) groups excluding carboxylic acids is 2. The molecule has 1 amide bonds. The van der Waals surface area contributed by atoms with Gasteiger partial charge in [-0.3, -0.25) is 9.59 Å². The van der Waals surface area contributed by atoms with E-state index in [9.17, 15) is 9.59 Å². The minimum Gasteiger partial charge on any atom is -0.460 e. The number of nitrogens with one attached hydrogen (secondary N) is 1. The Bertz CT molecular complexity index is 703. The Labute approximate surface area is 174 Å². The van der Waals surface area contributed by atoms with Gasteiger partial charge in [-0.2, -0.15) is 0 Å². The van der Waals surface area contributed by atoms with Crippen molar-refractivity contribution in [3.63, 3.8) is 0 Å². The third-order valence-corrected chi connectivity index (χ3v) is 6.12. The molecule has 2 aliphatic carbocycles. The number of carbonyl (C=O) groups is 2. The minimum atomic E-state index is -0.551. The number of benzene rings is 1. The van der Waals surface area contributed by atoms with Gasteiger partial charge >= 0.3 is 5.97 Å². The molecule has 0 spiro atoms. The second-order valence-electron chi connectivity index (χ2n) is 9.71. The monoisotopic (exact) mass is 401 g/mol. The SMILES string of the molecule is COCC(CC1(C(=O)NC2CC2c2ccccc2)CCCC1)C(=O)OC(C)(C)C. The van der Waals surface area contributed by atoms with Crippen molar-refractivity contribution in [2.75, 3.05) is 13.7 Å². The van der Waals surface area contributed by atoms with Gasteiger partial charge in [0.15, 0.2) is 0 Å². The quantitative estimate of drug-likeness (QED) is 0.663. The summed E-state index contributed by atoms with van der Waals surface area (Å²) in [7, 11) is 1.59. The van der Waals surface area contributed by atoms with Crippen LogP contribution in [0.3, 0.4) is 0 Å². The van der Waals surface area contributed by atoms with E-state index in [2.05, 4.69) is 17.4 Å². The molecule has 5 heteroatoms. The maximum Gasteiger partial charge on any atom is 0.311 e. The summed E-state index contributed by atoms with van der Waals surface area (Å²) < 4.78 is 10.9. The van der Waals surface area contributed by atoms with Gasteiger partial charge in [-0.1, -0.05) is 43.2 Å².